The van der Waals surface area contributed by atoms with Crippen LogP contribution in [0.4, 0.5) is 19.3 Å². The number of nitrogens with zero attached hydrogens (tertiary/aromatic N) is 5. The lowest BCUT2D eigenvalue weighted by molar-refractivity contribution is 0.215. The third-order valence-electron chi connectivity index (χ3n) is 2.37. The SMILES string of the molecule is [C-]#[N+]c1cc(F)c(Sc2ncn(C(=O)N(C)C)n2)cc1F. The lowest BCUT2D eigenvalue weighted by Gasteiger charge is -2.07. The average molecular weight is 309 g/mol. The van der Waals surface area contributed by atoms with Crippen molar-refractivity contribution in [3.63, 3.8) is 0 Å². The molecule has 108 valence electrons. The largest absolute Gasteiger partial charge is 0.345 e. The van der Waals surface area contributed by atoms with Crippen LogP contribution in [0.3, 0.4) is 0 Å². The summed E-state index contributed by atoms with van der Waals surface area (Å²) in [6, 6.07) is 1.30. The number of rotatable bonds is 2. The Kier molecular flexibility index (Phi) is 4.18. The van der Waals surface area contributed by atoms with Crippen LogP contribution in [-0.2, 0) is 0 Å². The van der Waals surface area contributed by atoms with E-state index in [9.17, 15) is 13.6 Å². The minimum atomic E-state index is -0.822. The van der Waals surface area contributed by atoms with Crippen molar-refractivity contribution < 1.29 is 13.6 Å². The summed E-state index contributed by atoms with van der Waals surface area (Å²) in [7, 11) is 3.10. The van der Waals surface area contributed by atoms with Gasteiger partial charge in [-0.25, -0.2) is 23.4 Å². The fourth-order valence-corrected chi connectivity index (χ4v) is 2.12. The van der Waals surface area contributed by atoms with Crippen molar-refractivity contribution in [2.45, 2.75) is 10.1 Å². The smallest absolute Gasteiger partial charge is 0.329 e. The molecular formula is C12H9F2N5OS. The standard InChI is InChI=1S/C12H9F2N5OS/c1-15-9-4-8(14)10(5-7(9)13)21-11-16-6-19(17-11)12(20)18(2)3/h4-6H,2-3H3. The predicted molar refractivity (Wildman–Crippen MR) is 71.2 cm³/mol. The minimum absolute atomic E-state index is 0.0602. The van der Waals surface area contributed by atoms with Crippen LogP contribution in [0.5, 0.6) is 0 Å². The van der Waals surface area contributed by atoms with E-state index in [1.54, 1.807) is 14.1 Å². The molecule has 21 heavy (non-hydrogen) atoms. The summed E-state index contributed by atoms with van der Waals surface area (Å²) in [5.74, 6) is -1.57. The van der Waals surface area contributed by atoms with Crippen molar-refractivity contribution in [1.29, 1.82) is 0 Å². The molecule has 9 heteroatoms. The Morgan fingerprint density at radius 2 is 2.10 bits per heavy atom. The summed E-state index contributed by atoms with van der Waals surface area (Å²) in [5.41, 5.74) is -0.391. The molecule has 1 heterocycles. The van der Waals surface area contributed by atoms with E-state index < -0.39 is 23.4 Å². The maximum atomic E-state index is 13.7. The minimum Gasteiger partial charge on any atom is -0.329 e. The highest BCUT2D eigenvalue weighted by Crippen LogP contribution is 2.31. The van der Waals surface area contributed by atoms with Gasteiger partial charge in [-0.3, -0.25) is 0 Å². The van der Waals surface area contributed by atoms with Gasteiger partial charge in [-0.1, -0.05) is 0 Å². The number of amides is 1. The van der Waals surface area contributed by atoms with Gasteiger partial charge >= 0.3 is 6.03 Å². The highest BCUT2D eigenvalue weighted by molar-refractivity contribution is 7.99. The number of halogens is 2. The highest BCUT2D eigenvalue weighted by Gasteiger charge is 2.15. The van der Waals surface area contributed by atoms with E-state index in [0.29, 0.717) is 0 Å². The summed E-state index contributed by atoms with van der Waals surface area (Å²) < 4.78 is 28.2. The first kappa shape index (κ1) is 14.9. The summed E-state index contributed by atoms with van der Waals surface area (Å²) >= 11 is 0.766. The number of hydrogen-bond acceptors (Lipinski definition) is 4. The van der Waals surface area contributed by atoms with Gasteiger partial charge in [0.15, 0.2) is 0 Å². The molecule has 1 aromatic carbocycles. The summed E-state index contributed by atoms with van der Waals surface area (Å²) in [6.07, 6.45) is 1.19. The van der Waals surface area contributed by atoms with Gasteiger partial charge in [0.2, 0.25) is 10.8 Å². The molecule has 0 saturated carbocycles. The number of carbonyl (C=O) groups excluding carboxylic acids is 1. The van der Waals surface area contributed by atoms with Crippen LogP contribution in [0.15, 0.2) is 28.5 Å². The van der Waals surface area contributed by atoms with Crippen LogP contribution < -0.4 is 0 Å². The molecule has 0 fully saturated rings. The van der Waals surface area contributed by atoms with Crippen molar-refractivity contribution in [1.82, 2.24) is 19.7 Å². The van der Waals surface area contributed by atoms with Gasteiger partial charge in [0.25, 0.3) is 0 Å². The molecule has 0 atom stereocenters. The lowest BCUT2D eigenvalue weighted by Crippen LogP contribution is -2.27. The molecule has 6 nitrogen and oxygen atoms in total. The van der Waals surface area contributed by atoms with Gasteiger partial charge in [-0.05, 0) is 23.9 Å². The molecule has 2 aromatic rings. The van der Waals surface area contributed by atoms with Crippen LogP contribution in [-0.4, -0.2) is 39.8 Å². The number of hydrogen-bond donors (Lipinski definition) is 0. The van der Waals surface area contributed by atoms with E-state index in [4.69, 9.17) is 6.57 Å². The van der Waals surface area contributed by atoms with E-state index >= 15 is 0 Å². The molecule has 0 N–H and O–H groups in total. The molecule has 1 amide bonds. The van der Waals surface area contributed by atoms with Gasteiger partial charge in [-0.2, -0.15) is 4.68 Å². The van der Waals surface area contributed by atoms with Crippen molar-refractivity contribution in [3.8, 4) is 0 Å². The molecule has 0 spiro atoms. The first-order valence-electron chi connectivity index (χ1n) is 5.60. The lowest BCUT2D eigenvalue weighted by atomic mass is 10.3. The van der Waals surface area contributed by atoms with Gasteiger partial charge in [0, 0.05) is 14.1 Å². The molecule has 0 aliphatic carbocycles. The topological polar surface area (TPSA) is 55.4 Å². The summed E-state index contributed by atoms with van der Waals surface area (Å²) in [5, 5.41) is 3.96. The number of aromatic nitrogens is 3. The fourth-order valence-electron chi connectivity index (χ4n) is 1.37. The Morgan fingerprint density at radius 3 is 2.71 bits per heavy atom. The Bertz CT molecular complexity index is 738. The van der Waals surface area contributed by atoms with E-state index in [1.807, 2.05) is 0 Å². The molecule has 0 aliphatic heterocycles. The molecule has 0 aliphatic rings. The molecule has 1 aromatic heterocycles. The fraction of sp³-hybridized carbons (Fsp3) is 0.167. The maximum absolute atomic E-state index is 13.7. The first-order chi connectivity index (χ1) is 9.92. The third kappa shape index (κ3) is 3.17. The van der Waals surface area contributed by atoms with Crippen molar-refractivity contribution in [2.24, 2.45) is 0 Å². The molecule has 0 unspecified atom stereocenters. The number of benzene rings is 1. The Morgan fingerprint density at radius 1 is 1.38 bits per heavy atom. The Balaban J connectivity index is 2.26. The molecular weight excluding hydrogens is 300 g/mol. The zero-order chi connectivity index (χ0) is 15.6. The zero-order valence-electron chi connectivity index (χ0n) is 11.0. The second-order valence-electron chi connectivity index (χ2n) is 4.10. The van der Waals surface area contributed by atoms with Crippen molar-refractivity contribution in [3.05, 3.63) is 41.5 Å². The van der Waals surface area contributed by atoms with Crippen LogP contribution >= 0.6 is 11.8 Å². The van der Waals surface area contributed by atoms with Crippen LogP contribution in [0, 0.1) is 18.2 Å². The number of carbonyl (C=O) groups is 1. The maximum Gasteiger partial charge on any atom is 0.345 e. The van der Waals surface area contributed by atoms with E-state index in [2.05, 4.69) is 14.9 Å². The molecule has 2 rings (SSSR count). The second kappa shape index (κ2) is 5.88. The monoisotopic (exact) mass is 309 g/mol. The third-order valence-corrected chi connectivity index (χ3v) is 3.27. The Hall–Kier alpha value is -2.47. The zero-order valence-corrected chi connectivity index (χ0v) is 11.9. The van der Waals surface area contributed by atoms with Gasteiger partial charge < -0.3 is 4.90 Å². The average Bonchev–Trinajstić information content (AvgIpc) is 2.90. The van der Waals surface area contributed by atoms with E-state index in [1.165, 1.54) is 11.2 Å². The van der Waals surface area contributed by atoms with Crippen LogP contribution in [0.25, 0.3) is 4.85 Å². The predicted octanol–water partition coefficient (Wildman–Crippen LogP) is 2.79. The van der Waals surface area contributed by atoms with Crippen LogP contribution in [0.1, 0.15) is 0 Å². The van der Waals surface area contributed by atoms with Crippen molar-refractivity contribution in [2.75, 3.05) is 14.1 Å². The molecule has 0 bridgehead atoms. The Labute approximate surface area is 123 Å². The highest BCUT2D eigenvalue weighted by atomic mass is 32.2. The first-order valence-corrected chi connectivity index (χ1v) is 6.41. The van der Waals surface area contributed by atoms with Gasteiger partial charge in [0.05, 0.1) is 11.5 Å². The second-order valence-corrected chi connectivity index (χ2v) is 5.11. The normalized spacial score (nSPS) is 10.2. The molecule has 0 radical (unpaired) electrons. The summed E-state index contributed by atoms with van der Waals surface area (Å²) in [4.78, 5) is 19.6. The van der Waals surface area contributed by atoms with Gasteiger partial charge in [0.1, 0.15) is 18.0 Å². The van der Waals surface area contributed by atoms with E-state index in [-0.39, 0.29) is 10.1 Å². The van der Waals surface area contributed by atoms with Crippen LogP contribution in [0.2, 0.25) is 0 Å². The molecule has 0 saturated heterocycles. The van der Waals surface area contributed by atoms with Crippen molar-refractivity contribution >= 4 is 23.5 Å². The van der Waals surface area contributed by atoms with E-state index in [0.717, 1.165) is 28.6 Å². The quantitative estimate of drug-likeness (QED) is 0.801. The summed E-state index contributed by atoms with van der Waals surface area (Å²) in [6.45, 7) is 6.70. The van der Waals surface area contributed by atoms with Gasteiger partial charge in [-0.15, -0.1) is 5.10 Å².